The van der Waals surface area contributed by atoms with Gasteiger partial charge in [-0.2, -0.15) is 15.0 Å². The van der Waals surface area contributed by atoms with E-state index in [2.05, 4.69) is 25.6 Å². The lowest BCUT2D eigenvalue weighted by Gasteiger charge is -1.94. The fourth-order valence-electron chi connectivity index (χ4n) is 1.10. The number of hydrogen-bond donors (Lipinski definition) is 0. The van der Waals surface area contributed by atoms with Crippen LogP contribution in [0.5, 0.6) is 0 Å². The van der Waals surface area contributed by atoms with Crippen LogP contribution < -0.4 is 0 Å². The molecule has 0 aliphatic heterocycles. The molecule has 0 aromatic carbocycles. The second kappa shape index (κ2) is 3.91. The van der Waals surface area contributed by atoms with Gasteiger partial charge in [-0.05, 0) is 11.3 Å². The Hall–Kier alpha value is -2.18. The summed E-state index contributed by atoms with van der Waals surface area (Å²) in [4.78, 5) is 13.0. The Balaban J connectivity index is 2.11. The van der Waals surface area contributed by atoms with Gasteiger partial charge in [0.05, 0.1) is 25.9 Å². The number of nitrogens with zero attached hydrogens (tertiary/aromatic N) is 6. The van der Waals surface area contributed by atoms with Crippen LogP contribution in [0.25, 0.3) is 0 Å². The maximum absolute atomic E-state index is 11.6. The molecule has 7 heteroatoms. The van der Waals surface area contributed by atoms with Gasteiger partial charge in [0.15, 0.2) is 11.6 Å². The van der Waals surface area contributed by atoms with Crippen molar-refractivity contribution < 1.29 is 4.79 Å². The highest BCUT2D eigenvalue weighted by atomic mass is 16.1. The molecule has 0 bridgehead atoms. The fourth-order valence-corrected chi connectivity index (χ4v) is 1.10. The van der Waals surface area contributed by atoms with Gasteiger partial charge in [0.25, 0.3) is 0 Å². The van der Waals surface area contributed by atoms with Crippen molar-refractivity contribution in [2.24, 2.45) is 7.05 Å². The summed E-state index contributed by atoms with van der Waals surface area (Å²) in [6.45, 7) is 0. The summed E-state index contributed by atoms with van der Waals surface area (Å²) in [5.74, 6) is 0.303. The highest BCUT2D eigenvalue weighted by Gasteiger charge is 2.10. The molecule has 15 heavy (non-hydrogen) atoms. The van der Waals surface area contributed by atoms with E-state index in [4.69, 9.17) is 0 Å². The van der Waals surface area contributed by atoms with Crippen LogP contribution >= 0.6 is 0 Å². The van der Waals surface area contributed by atoms with Crippen molar-refractivity contribution in [3.63, 3.8) is 0 Å². The van der Waals surface area contributed by atoms with Crippen molar-refractivity contribution in [1.29, 1.82) is 0 Å². The molecule has 0 saturated carbocycles. The molecule has 2 rings (SSSR count). The van der Waals surface area contributed by atoms with Crippen molar-refractivity contribution in [3.8, 4) is 0 Å². The third kappa shape index (κ3) is 2.19. The van der Waals surface area contributed by atoms with Gasteiger partial charge >= 0.3 is 0 Å². The summed E-state index contributed by atoms with van der Waals surface area (Å²) < 4.78 is 0. The molecule has 2 heterocycles. The van der Waals surface area contributed by atoms with E-state index in [1.807, 2.05) is 0 Å². The largest absolute Gasteiger partial charge is 0.294 e. The molecule has 76 valence electrons. The number of rotatable bonds is 3. The van der Waals surface area contributed by atoms with E-state index in [1.165, 1.54) is 17.2 Å². The number of hydrogen-bond acceptors (Lipinski definition) is 6. The molecule has 0 N–H and O–H groups in total. The normalized spacial score (nSPS) is 10.2. The summed E-state index contributed by atoms with van der Waals surface area (Å²) in [7, 11) is 1.65. The number of Topliss-reactive ketones (excluding diaryl/α,β-unsaturated/α-hetero) is 1. The van der Waals surface area contributed by atoms with E-state index in [-0.39, 0.29) is 12.2 Å². The first kappa shape index (κ1) is 9.38. The molecule has 0 aliphatic carbocycles. The molecule has 7 nitrogen and oxygen atoms in total. The van der Waals surface area contributed by atoms with Crippen molar-refractivity contribution in [2.45, 2.75) is 6.42 Å². The average molecular weight is 204 g/mol. The highest BCUT2D eigenvalue weighted by molar-refractivity contribution is 5.96. The fraction of sp³-hybridized carbons (Fsp3) is 0.250. The quantitative estimate of drug-likeness (QED) is 0.622. The van der Waals surface area contributed by atoms with Gasteiger partial charge in [-0.15, -0.1) is 10.2 Å². The number of carbonyl (C=O) groups is 1. The van der Waals surface area contributed by atoms with Gasteiger partial charge < -0.3 is 0 Å². The number of carbonyl (C=O) groups excluding carboxylic acids is 1. The van der Waals surface area contributed by atoms with Gasteiger partial charge in [0.1, 0.15) is 0 Å². The molecule has 0 aliphatic rings. The summed E-state index contributed by atoms with van der Waals surface area (Å²) >= 11 is 0. The van der Waals surface area contributed by atoms with Gasteiger partial charge in [0, 0.05) is 5.56 Å². The molecule has 0 atom stereocenters. The van der Waals surface area contributed by atoms with Crippen LogP contribution in [-0.2, 0) is 13.5 Å². The van der Waals surface area contributed by atoms with Crippen LogP contribution in [0.15, 0.2) is 18.5 Å². The van der Waals surface area contributed by atoms with Crippen LogP contribution in [-0.4, -0.2) is 36.2 Å². The van der Waals surface area contributed by atoms with Crippen molar-refractivity contribution >= 4 is 5.78 Å². The van der Waals surface area contributed by atoms with E-state index in [1.54, 1.807) is 13.1 Å². The monoisotopic (exact) mass is 204 g/mol. The van der Waals surface area contributed by atoms with Crippen molar-refractivity contribution in [3.05, 3.63) is 29.8 Å². The van der Waals surface area contributed by atoms with Gasteiger partial charge in [-0.3, -0.25) is 4.79 Å². The first-order valence-corrected chi connectivity index (χ1v) is 4.28. The minimum absolute atomic E-state index is 0.0992. The molecule has 0 saturated heterocycles. The SMILES string of the molecule is Cn1nnc(CC(=O)c2ccnnc2)n1. The second-order valence-electron chi connectivity index (χ2n) is 2.93. The first-order chi connectivity index (χ1) is 7.25. The van der Waals surface area contributed by atoms with E-state index < -0.39 is 0 Å². The van der Waals surface area contributed by atoms with Crippen LogP contribution in [0.1, 0.15) is 16.2 Å². The van der Waals surface area contributed by atoms with E-state index in [9.17, 15) is 4.79 Å². The lowest BCUT2D eigenvalue weighted by molar-refractivity contribution is 0.0990. The third-order valence-electron chi connectivity index (χ3n) is 1.77. The Morgan fingerprint density at radius 3 is 2.93 bits per heavy atom. The van der Waals surface area contributed by atoms with Crippen LogP contribution in [0, 0.1) is 0 Å². The molecule has 0 unspecified atom stereocenters. The molecule has 0 fully saturated rings. The Morgan fingerprint density at radius 1 is 1.47 bits per heavy atom. The van der Waals surface area contributed by atoms with Crippen molar-refractivity contribution in [2.75, 3.05) is 0 Å². The predicted molar refractivity (Wildman–Crippen MR) is 48.9 cm³/mol. The molecule has 0 amide bonds. The molecule has 0 radical (unpaired) electrons. The number of aryl methyl sites for hydroxylation is 1. The second-order valence-corrected chi connectivity index (χ2v) is 2.93. The average Bonchev–Trinajstić information content (AvgIpc) is 2.65. The summed E-state index contributed by atoms with van der Waals surface area (Å²) in [5.41, 5.74) is 0.498. The first-order valence-electron chi connectivity index (χ1n) is 4.28. The van der Waals surface area contributed by atoms with Crippen LogP contribution in [0.4, 0.5) is 0 Å². The lowest BCUT2D eigenvalue weighted by Crippen LogP contribution is -2.06. The molecule has 0 spiro atoms. The maximum Gasteiger partial charge on any atom is 0.182 e. The van der Waals surface area contributed by atoms with Crippen LogP contribution in [0.3, 0.4) is 0 Å². The third-order valence-corrected chi connectivity index (χ3v) is 1.77. The standard InChI is InChI=1S/C8H8N6O/c1-14-12-8(11-13-14)4-7(15)6-2-3-9-10-5-6/h2-3,5H,4H2,1H3. The maximum atomic E-state index is 11.6. The molecular weight excluding hydrogens is 196 g/mol. The lowest BCUT2D eigenvalue weighted by atomic mass is 10.1. The van der Waals surface area contributed by atoms with Gasteiger partial charge in [-0.25, -0.2) is 0 Å². The Kier molecular flexibility index (Phi) is 2.44. The summed E-state index contributed by atoms with van der Waals surface area (Å²) in [5, 5.41) is 18.5. The van der Waals surface area contributed by atoms with Gasteiger partial charge in [-0.1, -0.05) is 0 Å². The predicted octanol–water partition coefficient (Wildman–Crippen LogP) is -0.575. The molecule has 2 aromatic heterocycles. The zero-order valence-electron chi connectivity index (χ0n) is 8.03. The zero-order chi connectivity index (χ0) is 10.7. The minimum atomic E-state index is -0.0992. The van der Waals surface area contributed by atoms with E-state index in [0.717, 1.165) is 0 Å². The smallest absolute Gasteiger partial charge is 0.182 e. The van der Waals surface area contributed by atoms with Crippen LogP contribution in [0.2, 0.25) is 0 Å². The highest BCUT2D eigenvalue weighted by Crippen LogP contribution is 2.00. The van der Waals surface area contributed by atoms with Crippen molar-refractivity contribution in [1.82, 2.24) is 30.4 Å². The Bertz CT molecular complexity index is 465. The molecular formula is C8H8N6O. The minimum Gasteiger partial charge on any atom is -0.294 e. The van der Waals surface area contributed by atoms with E-state index >= 15 is 0 Å². The number of aromatic nitrogens is 6. The molecule has 2 aromatic rings. The van der Waals surface area contributed by atoms with Gasteiger partial charge in [0.2, 0.25) is 0 Å². The Labute approximate surface area is 85.1 Å². The number of ketones is 1. The summed E-state index contributed by atoms with van der Waals surface area (Å²) in [6, 6.07) is 1.60. The number of tetrazole rings is 1. The van der Waals surface area contributed by atoms with E-state index in [0.29, 0.717) is 11.4 Å². The Morgan fingerprint density at radius 2 is 2.33 bits per heavy atom. The summed E-state index contributed by atoms with van der Waals surface area (Å²) in [6.07, 6.45) is 3.01. The zero-order valence-corrected chi connectivity index (χ0v) is 8.03. The topological polar surface area (TPSA) is 86.5 Å².